The molecule has 0 saturated heterocycles. The molecule has 0 spiro atoms. The third-order valence-corrected chi connectivity index (χ3v) is 3.79. The van der Waals surface area contributed by atoms with Crippen LogP contribution in [-0.4, -0.2) is 29.2 Å². The van der Waals surface area contributed by atoms with E-state index in [4.69, 9.17) is 4.74 Å². The second kappa shape index (κ2) is 7.04. The van der Waals surface area contributed by atoms with E-state index in [1.54, 1.807) is 13.2 Å². The molecule has 0 radical (unpaired) electrons. The van der Waals surface area contributed by atoms with Crippen LogP contribution in [0.15, 0.2) is 48.5 Å². The van der Waals surface area contributed by atoms with Crippen molar-refractivity contribution in [2.45, 2.75) is 13.5 Å². The molecule has 0 bridgehead atoms. The molecular formula is C18H20N4O2. The minimum Gasteiger partial charge on any atom is -0.497 e. The Morgan fingerprint density at radius 3 is 2.88 bits per heavy atom. The van der Waals surface area contributed by atoms with Gasteiger partial charge in [-0.3, -0.25) is 0 Å². The van der Waals surface area contributed by atoms with Gasteiger partial charge in [0.2, 0.25) is 0 Å². The van der Waals surface area contributed by atoms with Crippen molar-refractivity contribution in [1.82, 2.24) is 14.9 Å². The maximum absolute atomic E-state index is 12.0. The maximum Gasteiger partial charge on any atom is 0.319 e. The predicted molar refractivity (Wildman–Crippen MR) is 94.5 cm³/mol. The molecule has 0 atom stereocenters. The van der Waals surface area contributed by atoms with E-state index in [0.717, 1.165) is 16.9 Å². The van der Waals surface area contributed by atoms with Gasteiger partial charge in [0.25, 0.3) is 0 Å². The zero-order chi connectivity index (χ0) is 16.9. The normalized spacial score (nSPS) is 10.6. The highest BCUT2D eigenvalue weighted by Crippen LogP contribution is 2.17. The van der Waals surface area contributed by atoms with E-state index in [9.17, 15) is 4.79 Å². The quantitative estimate of drug-likeness (QED) is 0.757. The number of fused-ring (bicyclic) bond motifs is 1. The average Bonchev–Trinajstić information content (AvgIpc) is 2.91. The fraction of sp³-hybridized carbons (Fsp3) is 0.222. The van der Waals surface area contributed by atoms with Gasteiger partial charge in [0.1, 0.15) is 11.6 Å². The van der Waals surface area contributed by atoms with Crippen molar-refractivity contribution in [2.24, 2.45) is 0 Å². The molecule has 0 aliphatic rings. The van der Waals surface area contributed by atoms with Gasteiger partial charge >= 0.3 is 6.03 Å². The number of carbonyl (C=O) groups excluding carboxylic acids is 1. The molecule has 0 aliphatic heterocycles. The summed E-state index contributed by atoms with van der Waals surface area (Å²) in [4.78, 5) is 16.5. The first kappa shape index (κ1) is 15.9. The lowest BCUT2D eigenvalue weighted by Gasteiger charge is -2.10. The summed E-state index contributed by atoms with van der Waals surface area (Å²) < 4.78 is 7.24. The van der Waals surface area contributed by atoms with E-state index < -0.39 is 0 Å². The minimum atomic E-state index is -0.245. The van der Waals surface area contributed by atoms with Crippen molar-refractivity contribution in [3.63, 3.8) is 0 Å². The van der Waals surface area contributed by atoms with E-state index in [2.05, 4.69) is 20.2 Å². The summed E-state index contributed by atoms with van der Waals surface area (Å²) >= 11 is 0. The number of rotatable bonds is 5. The molecule has 124 valence electrons. The smallest absolute Gasteiger partial charge is 0.319 e. The van der Waals surface area contributed by atoms with Crippen LogP contribution in [0, 0.1) is 6.92 Å². The Kier molecular flexibility index (Phi) is 4.65. The molecular weight excluding hydrogens is 304 g/mol. The van der Waals surface area contributed by atoms with E-state index in [1.165, 1.54) is 0 Å². The first-order valence-corrected chi connectivity index (χ1v) is 7.78. The van der Waals surface area contributed by atoms with Crippen molar-refractivity contribution in [1.29, 1.82) is 0 Å². The molecule has 0 fully saturated rings. The molecule has 3 rings (SSSR count). The lowest BCUT2D eigenvalue weighted by molar-refractivity contribution is 0.251. The third kappa shape index (κ3) is 3.48. The summed E-state index contributed by atoms with van der Waals surface area (Å²) in [7, 11) is 1.59. The van der Waals surface area contributed by atoms with Crippen LogP contribution in [0.2, 0.25) is 0 Å². The van der Waals surface area contributed by atoms with E-state index in [1.807, 2.05) is 49.4 Å². The number of aromatic nitrogens is 2. The summed E-state index contributed by atoms with van der Waals surface area (Å²) in [6.07, 6.45) is 0. The second-order valence-corrected chi connectivity index (χ2v) is 5.41. The number of nitrogens with one attached hydrogen (secondary N) is 2. The molecule has 1 aromatic heterocycles. The van der Waals surface area contributed by atoms with Gasteiger partial charge in [-0.2, -0.15) is 0 Å². The molecule has 0 saturated carbocycles. The summed E-state index contributed by atoms with van der Waals surface area (Å²) in [6, 6.07) is 15.0. The number of aryl methyl sites for hydroxylation is 1. The predicted octanol–water partition coefficient (Wildman–Crippen LogP) is 3.18. The fourth-order valence-corrected chi connectivity index (χ4v) is 2.64. The number of imidazole rings is 1. The van der Waals surface area contributed by atoms with Crippen LogP contribution in [0.5, 0.6) is 5.75 Å². The van der Waals surface area contributed by atoms with Gasteiger partial charge in [-0.25, -0.2) is 9.78 Å². The van der Waals surface area contributed by atoms with Crippen LogP contribution < -0.4 is 15.4 Å². The van der Waals surface area contributed by atoms with Crippen LogP contribution in [0.4, 0.5) is 10.5 Å². The van der Waals surface area contributed by atoms with Crippen LogP contribution in [0.25, 0.3) is 11.0 Å². The Morgan fingerprint density at radius 2 is 2.04 bits per heavy atom. The van der Waals surface area contributed by atoms with E-state index in [0.29, 0.717) is 24.5 Å². The molecule has 1 heterocycles. The van der Waals surface area contributed by atoms with Crippen molar-refractivity contribution in [2.75, 3.05) is 19.0 Å². The van der Waals surface area contributed by atoms with Crippen molar-refractivity contribution >= 4 is 22.8 Å². The topological polar surface area (TPSA) is 68.2 Å². The van der Waals surface area contributed by atoms with Crippen molar-refractivity contribution < 1.29 is 9.53 Å². The number of hydrogen-bond acceptors (Lipinski definition) is 3. The number of benzene rings is 2. The molecule has 0 unspecified atom stereocenters. The Bertz CT molecular complexity index is 857. The maximum atomic E-state index is 12.0. The SMILES string of the molecule is COc1cccc(NC(=O)NCCn2c(C)nc3ccccc32)c1. The zero-order valence-corrected chi connectivity index (χ0v) is 13.7. The minimum absolute atomic E-state index is 0.245. The first-order chi connectivity index (χ1) is 11.7. The van der Waals surface area contributed by atoms with Gasteiger partial charge in [0.05, 0.1) is 18.1 Å². The van der Waals surface area contributed by atoms with E-state index >= 15 is 0 Å². The summed E-state index contributed by atoms with van der Waals surface area (Å²) in [6.45, 7) is 3.14. The number of carbonyl (C=O) groups is 1. The van der Waals surface area contributed by atoms with Gasteiger partial charge in [0, 0.05) is 24.8 Å². The number of ether oxygens (including phenoxy) is 1. The molecule has 6 heteroatoms. The Hall–Kier alpha value is -3.02. The highest BCUT2D eigenvalue weighted by Gasteiger charge is 2.07. The Labute approximate surface area is 140 Å². The lowest BCUT2D eigenvalue weighted by Crippen LogP contribution is -2.31. The van der Waals surface area contributed by atoms with Crippen LogP contribution in [0.3, 0.4) is 0 Å². The Balaban J connectivity index is 1.57. The monoisotopic (exact) mass is 324 g/mol. The first-order valence-electron chi connectivity index (χ1n) is 7.78. The molecule has 6 nitrogen and oxygen atoms in total. The number of nitrogens with zero attached hydrogens (tertiary/aromatic N) is 2. The Morgan fingerprint density at radius 1 is 1.21 bits per heavy atom. The summed E-state index contributed by atoms with van der Waals surface area (Å²) in [5.41, 5.74) is 2.73. The van der Waals surface area contributed by atoms with Crippen molar-refractivity contribution in [3.8, 4) is 5.75 Å². The number of hydrogen-bond donors (Lipinski definition) is 2. The fourth-order valence-electron chi connectivity index (χ4n) is 2.64. The van der Waals surface area contributed by atoms with Gasteiger partial charge in [-0.05, 0) is 31.2 Å². The van der Waals surface area contributed by atoms with Crippen molar-refractivity contribution in [3.05, 3.63) is 54.4 Å². The highest BCUT2D eigenvalue weighted by atomic mass is 16.5. The van der Waals surface area contributed by atoms with Crippen LogP contribution in [0.1, 0.15) is 5.82 Å². The van der Waals surface area contributed by atoms with Crippen LogP contribution in [-0.2, 0) is 6.54 Å². The zero-order valence-electron chi connectivity index (χ0n) is 13.7. The summed E-state index contributed by atoms with van der Waals surface area (Å²) in [5.74, 6) is 1.64. The standard InChI is InChI=1S/C18H20N4O2/c1-13-20-16-8-3-4-9-17(16)22(13)11-10-19-18(23)21-14-6-5-7-15(12-14)24-2/h3-9,12H,10-11H2,1-2H3,(H2,19,21,23). The summed E-state index contributed by atoms with van der Waals surface area (Å²) in [5, 5.41) is 5.65. The largest absolute Gasteiger partial charge is 0.497 e. The highest BCUT2D eigenvalue weighted by molar-refractivity contribution is 5.89. The average molecular weight is 324 g/mol. The second-order valence-electron chi connectivity index (χ2n) is 5.41. The molecule has 2 amide bonds. The van der Waals surface area contributed by atoms with E-state index in [-0.39, 0.29) is 6.03 Å². The van der Waals surface area contributed by atoms with Gasteiger partial charge < -0.3 is 19.9 Å². The third-order valence-electron chi connectivity index (χ3n) is 3.79. The molecule has 24 heavy (non-hydrogen) atoms. The molecule has 2 aromatic carbocycles. The number of amides is 2. The molecule has 0 aliphatic carbocycles. The van der Waals surface area contributed by atoms with Crippen LogP contribution >= 0.6 is 0 Å². The molecule has 2 N–H and O–H groups in total. The lowest BCUT2D eigenvalue weighted by atomic mass is 10.3. The number of para-hydroxylation sites is 2. The number of urea groups is 1. The van der Waals surface area contributed by atoms with Gasteiger partial charge in [-0.15, -0.1) is 0 Å². The molecule has 3 aromatic rings. The van der Waals surface area contributed by atoms with Gasteiger partial charge in [0.15, 0.2) is 0 Å². The number of methoxy groups -OCH3 is 1. The van der Waals surface area contributed by atoms with Gasteiger partial charge in [-0.1, -0.05) is 18.2 Å². The number of anilines is 1.